The van der Waals surface area contributed by atoms with Gasteiger partial charge in [-0.2, -0.15) is 0 Å². The van der Waals surface area contributed by atoms with Crippen molar-refractivity contribution >= 4 is 28.6 Å². The molecule has 4 N–H and O–H groups in total. The number of ether oxygens (including phenoxy) is 1. The molecule has 0 spiro atoms. The van der Waals surface area contributed by atoms with Crippen LogP contribution < -0.4 is 20.9 Å². The van der Waals surface area contributed by atoms with Crippen molar-refractivity contribution in [1.29, 1.82) is 0 Å². The molecule has 9 nitrogen and oxygen atoms in total. The third-order valence-electron chi connectivity index (χ3n) is 5.92. The Labute approximate surface area is 196 Å². The molecule has 3 unspecified atom stereocenters. The number of hydrogen-bond acceptors (Lipinski definition) is 6. The summed E-state index contributed by atoms with van der Waals surface area (Å²) in [5.74, 6) is -1.68. The summed E-state index contributed by atoms with van der Waals surface area (Å²) in [5, 5.41) is 15.3. The number of para-hydroxylation sites is 1. The minimum absolute atomic E-state index is 0.0979. The number of fused-ring (bicyclic) bond motifs is 1. The predicted molar refractivity (Wildman–Crippen MR) is 124 cm³/mol. The summed E-state index contributed by atoms with van der Waals surface area (Å²) in [6.45, 7) is 4.01. The van der Waals surface area contributed by atoms with E-state index in [2.05, 4.69) is 15.6 Å². The minimum atomic E-state index is -0.857. The van der Waals surface area contributed by atoms with Gasteiger partial charge in [0.2, 0.25) is 11.8 Å². The first-order valence-corrected chi connectivity index (χ1v) is 11.0. The third kappa shape index (κ3) is 4.99. The molecule has 0 bridgehead atoms. The standard InChI is InChI=1S/C25H26N4O5/c1-14-11-19(18-5-3-4-6-21(18)27-14)15(2)34-17-9-7-16(8-10-17)24(31)28-22-13-26-23(30)12-20(22)25(32)29-33/h3-11,15,20,22,33H,12-13H2,1-2H3,(H,26,30)(H,28,31)(H,29,32). The molecule has 1 aliphatic rings. The summed E-state index contributed by atoms with van der Waals surface area (Å²) in [7, 11) is 0. The molecule has 0 radical (unpaired) electrons. The Morgan fingerprint density at radius 1 is 1.18 bits per heavy atom. The Balaban J connectivity index is 1.44. The summed E-state index contributed by atoms with van der Waals surface area (Å²) in [6, 6.07) is 16.0. The Kier molecular flexibility index (Phi) is 6.74. The molecule has 9 heteroatoms. The van der Waals surface area contributed by atoms with Gasteiger partial charge in [0, 0.05) is 35.2 Å². The second-order valence-corrected chi connectivity index (χ2v) is 8.33. The normalized spacial score (nSPS) is 18.6. The molecule has 0 saturated carbocycles. The molecule has 1 aliphatic heterocycles. The van der Waals surface area contributed by atoms with Crippen LogP contribution in [0.5, 0.6) is 5.75 Å². The van der Waals surface area contributed by atoms with E-state index in [1.54, 1.807) is 29.7 Å². The number of aromatic nitrogens is 1. The van der Waals surface area contributed by atoms with E-state index in [9.17, 15) is 14.4 Å². The average Bonchev–Trinajstić information content (AvgIpc) is 2.84. The van der Waals surface area contributed by atoms with Gasteiger partial charge in [-0.3, -0.25) is 24.6 Å². The summed E-state index contributed by atoms with van der Waals surface area (Å²) >= 11 is 0. The van der Waals surface area contributed by atoms with Crippen LogP contribution in [0.15, 0.2) is 54.6 Å². The minimum Gasteiger partial charge on any atom is -0.486 e. The Morgan fingerprint density at radius 3 is 2.65 bits per heavy atom. The first kappa shape index (κ1) is 23.2. The van der Waals surface area contributed by atoms with Crippen molar-refractivity contribution in [1.82, 2.24) is 21.1 Å². The maximum Gasteiger partial charge on any atom is 0.251 e. The number of carbonyl (C=O) groups excluding carboxylic acids is 3. The summed E-state index contributed by atoms with van der Waals surface area (Å²) in [5.41, 5.74) is 4.78. The van der Waals surface area contributed by atoms with Gasteiger partial charge in [-0.15, -0.1) is 0 Å². The van der Waals surface area contributed by atoms with Crippen LogP contribution in [-0.4, -0.2) is 40.5 Å². The van der Waals surface area contributed by atoms with E-state index in [0.29, 0.717) is 11.3 Å². The van der Waals surface area contributed by atoms with E-state index in [-0.39, 0.29) is 25.0 Å². The van der Waals surface area contributed by atoms with Gasteiger partial charge in [0.1, 0.15) is 11.9 Å². The first-order chi connectivity index (χ1) is 16.4. The zero-order valence-electron chi connectivity index (χ0n) is 18.9. The van der Waals surface area contributed by atoms with E-state index >= 15 is 0 Å². The van der Waals surface area contributed by atoms with Crippen LogP contribution in [0.4, 0.5) is 0 Å². The van der Waals surface area contributed by atoms with Crippen LogP contribution in [0, 0.1) is 12.8 Å². The molecule has 4 rings (SSSR count). The van der Waals surface area contributed by atoms with Gasteiger partial charge >= 0.3 is 0 Å². The fourth-order valence-electron chi connectivity index (χ4n) is 4.17. The molecule has 3 atom stereocenters. The quantitative estimate of drug-likeness (QED) is 0.329. The molecule has 176 valence electrons. The number of hydroxylamine groups is 1. The molecule has 1 fully saturated rings. The highest BCUT2D eigenvalue weighted by molar-refractivity contribution is 5.95. The number of carbonyl (C=O) groups is 3. The SMILES string of the molecule is Cc1cc(C(C)Oc2ccc(C(=O)NC3CNC(=O)CC3C(=O)NO)cc2)c2ccccc2n1. The van der Waals surface area contributed by atoms with Crippen molar-refractivity contribution in [2.24, 2.45) is 5.92 Å². The van der Waals surface area contributed by atoms with Crippen LogP contribution in [0.3, 0.4) is 0 Å². The smallest absolute Gasteiger partial charge is 0.251 e. The van der Waals surface area contributed by atoms with Crippen LogP contribution in [0.1, 0.15) is 41.1 Å². The predicted octanol–water partition coefficient (Wildman–Crippen LogP) is 2.42. The van der Waals surface area contributed by atoms with Crippen LogP contribution in [0.25, 0.3) is 10.9 Å². The number of nitrogens with zero attached hydrogens (tertiary/aromatic N) is 1. The van der Waals surface area contributed by atoms with E-state index in [1.807, 2.05) is 44.2 Å². The molecule has 0 aliphatic carbocycles. The Hall–Kier alpha value is -3.98. The van der Waals surface area contributed by atoms with Crippen LogP contribution >= 0.6 is 0 Å². The van der Waals surface area contributed by atoms with E-state index in [1.165, 1.54) is 0 Å². The van der Waals surface area contributed by atoms with E-state index < -0.39 is 23.8 Å². The lowest BCUT2D eigenvalue weighted by Gasteiger charge is -2.30. The monoisotopic (exact) mass is 462 g/mol. The fourth-order valence-corrected chi connectivity index (χ4v) is 4.17. The van der Waals surface area contributed by atoms with Crippen LogP contribution in [-0.2, 0) is 9.59 Å². The van der Waals surface area contributed by atoms with Crippen molar-refractivity contribution < 1.29 is 24.3 Å². The maximum atomic E-state index is 12.7. The molecule has 1 aromatic heterocycles. The van der Waals surface area contributed by atoms with Crippen LogP contribution in [0.2, 0.25) is 0 Å². The largest absolute Gasteiger partial charge is 0.486 e. The zero-order valence-corrected chi connectivity index (χ0v) is 18.9. The van der Waals surface area contributed by atoms with Gasteiger partial charge in [0.15, 0.2) is 0 Å². The molecule has 3 amide bonds. The van der Waals surface area contributed by atoms with Gasteiger partial charge in [-0.1, -0.05) is 18.2 Å². The number of hydrogen-bond donors (Lipinski definition) is 4. The van der Waals surface area contributed by atoms with Crippen molar-refractivity contribution in [3.8, 4) is 5.75 Å². The average molecular weight is 463 g/mol. The van der Waals surface area contributed by atoms with Gasteiger partial charge in [0.05, 0.1) is 17.5 Å². The van der Waals surface area contributed by atoms with Crippen molar-refractivity contribution in [2.75, 3.05) is 6.54 Å². The highest BCUT2D eigenvalue weighted by atomic mass is 16.5. The number of benzene rings is 2. The molecule has 1 saturated heterocycles. The number of piperidine rings is 1. The first-order valence-electron chi connectivity index (χ1n) is 11.0. The van der Waals surface area contributed by atoms with E-state index in [4.69, 9.17) is 9.94 Å². The highest BCUT2D eigenvalue weighted by Crippen LogP contribution is 2.28. The summed E-state index contributed by atoms with van der Waals surface area (Å²) in [6.07, 6.45) is -0.361. The zero-order chi connectivity index (χ0) is 24.2. The van der Waals surface area contributed by atoms with Gasteiger partial charge in [0.25, 0.3) is 5.91 Å². The number of nitrogens with one attached hydrogen (secondary N) is 3. The lowest BCUT2D eigenvalue weighted by Crippen LogP contribution is -2.56. The summed E-state index contributed by atoms with van der Waals surface area (Å²) in [4.78, 5) is 40.8. The van der Waals surface area contributed by atoms with Crippen molar-refractivity contribution in [3.05, 3.63) is 71.4 Å². The molecule has 2 heterocycles. The Morgan fingerprint density at radius 2 is 1.91 bits per heavy atom. The summed E-state index contributed by atoms with van der Waals surface area (Å²) < 4.78 is 6.14. The van der Waals surface area contributed by atoms with Crippen molar-refractivity contribution in [3.63, 3.8) is 0 Å². The lowest BCUT2D eigenvalue weighted by atomic mass is 9.91. The third-order valence-corrected chi connectivity index (χ3v) is 5.92. The molecule has 3 aromatic rings. The number of rotatable bonds is 6. The second-order valence-electron chi connectivity index (χ2n) is 8.33. The Bertz CT molecular complexity index is 1230. The number of pyridine rings is 1. The molecular formula is C25H26N4O5. The number of aryl methyl sites for hydroxylation is 1. The van der Waals surface area contributed by atoms with Crippen molar-refractivity contribution in [2.45, 2.75) is 32.4 Å². The maximum absolute atomic E-state index is 12.7. The molecular weight excluding hydrogens is 436 g/mol. The molecule has 34 heavy (non-hydrogen) atoms. The topological polar surface area (TPSA) is 130 Å². The highest BCUT2D eigenvalue weighted by Gasteiger charge is 2.35. The van der Waals surface area contributed by atoms with E-state index in [0.717, 1.165) is 22.2 Å². The second kappa shape index (κ2) is 9.88. The fraction of sp³-hybridized carbons (Fsp3) is 0.280. The molecule has 2 aromatic carbocycles. The lowest BCUT2D eigenvalue weighted by molar-refractivity contribution is -0.139. The number of amides is 3. The van der Waals surface area contributed by atoms with Gasteiger partial charge < -0.3 is 15.4 Å². The van der Waals surface area contributed by atoms with Gasteiger partial charge in [-0.25, -0.2) is 5.48 Å². The van der Waals surface area contributed by atoms with Gasteiger partial charge in [-0.05, 0) is 50.2 Å².